The zero-order chi connectivity index (χ0) is 16.5. The minimum absolute atomic E-state index is 0.195. The van der Waals surface area contributed by atoms with Gasteiger partial charge in [0.25, 0.3) is 0 Å². The van der Waals surface area contributed by atoms with Gasteiger partial charge in [0.2, 0.25) is 10.0 Å². The van der Waals surface area contributed by atoms with Crippen LogP contribution in [0.4, 0.5) is 13.2 Å². The van der Waals surface area contributed by atoms with E-state index in [1.165, 1.54) is 12.1 Å². The number of sulfonamides is 1. The van der Waals surface area contributed by atoms with Crippen LogP contribution in [-0.2, 0) is 16.2 Å². The largest absolute Gasteiger partial charge is 0.417 e. The van der Waals surface area contributed by atoms with Crippen molar-refractivity contribution in [2.45, 2.75) is 49.3 Å². The first kappa shape index (κ1) is 17.2. The second-order valence-electron chi connectivity index (χ2n) is 5.53. The van der Waals surface area contributed by atoms with E-state index in [0.29, 0.717) is 12.8 Å². The van der Waals surface area contributed by atoms with Gasteiger partial charge < -0.3 is 5.73 Å². The second-order valence-corrected chi connectivity index (χ2v) is 7.39. The van der Waals surface area contributed by atoms with E-state index in [-0.39, 0.29) is 6.54 Å². The average molecular weight is 336 g/mol. The Morgan fingerprint density at radius 3 is 2.50 bits per heavy atom. The zero-order valence-electron chi connectivity index (χ0n) is 12.2. The molecule has 1 aliphatic heterocycles. The summed E-state index contributed by atoms with van der Waals surface area (Å²) in [7, 11) is -4.24. The SMILES string of the molecule is CC(N)C1CCCCN1S(=O)(=O)c1ccccc1C(F)(F)F. The van der Waals surface area contributed by atoms with Crippen LogP contribution >= 0.6 is 0 Å². The van der Waals surface area contributed by atoms with Crippen LogP contribution in [0.15, 0.2) is 29.2 Å². The summed E-state index contributed by atoms with van der Waals surface area (Å²) in [6.45, 7) is 1.87. The third kappa shape index (κ3) is 3.28. The van der Waals surface area contributed by atoms with Crippen LogP contribution in [0.5, 0.6) is 0 Å². The number of nitrogens with zero attached hydrogens (tertiary/aromatic N) is 1. The number of alkyl halides is 3. The van der Waals surface area contributed by atoms with Crippen LogP contribution in [-0.4, -0.2) is 31.4 Å². The Labute approximate surface area is 128 Å². The van der Waals surface area contributed by atoms with E-state index in [1.807, 2.05) is 0 Å². The highest BCUT2D eigenvalue weighted by atomic mass is 32.2. The third-order valence-corrected chi connectivity index (χ3v) is 5.87. The molecule has 0 spiro atoms. The van der Waals surface area contributed by atoms with Gasteiger partial charge in [-0.25, -0.2) is 8.42 Å². The molecule has 0 bridgehead atoms. The Kier molecular flexibility index (Phi) is 4.84. The molecule has 8 heteroatoms. The van der Waals surface area contributed by atoms with E-state index in [2.05, 4.69) is 0 Å². The molecular formula is C14H19F3N2O2S. The first-order valence-electron chi connectivity index (χ1n) is 7.09. The van der Waals surface area contributed by atoms with Gasteiger partial charge in [0.05, 0.1) is 10.5 Å². The lowest BCUT2D eigenvalue weighted by Crippen LogP contribution is -2.51. The number of rotatable bonds is 3. The lowest BCUT2D eigenvalue weighted by atomic mass is 10.00. The van der Waals surface area contributed by atoms with E-state index in [9.17, 15) is 21.6 Å². The number of piperidine rings is 1. The highest BCUT2D eigenvalue weighted by Crippen LogP contribution is 2.36. The first-order valence-corrected chi connectivity index (χ1v) is 8.53. The van der Waals surface area contributed by atoms with Gasteiger partial charge in [-0.2, -0.15) is 17.5 Å². The van der Waals surface area contributed by atoms with Crippen LogP contribution in [0.2, 0.25) is 0 Å². The fourth-order valence-corrected chi connectivity index (χ4v) is 4.79. The Morgan fingerprint density at radius 2 is 1.91 bits per heavy atom. The summed E-state index contributed by atoms with van der Waals surface area (Å²) < 4.78 is 65.9. The molecule has 22 heavy (non-hydrogen) atoms. The number of hydrogen-bond donors (Lipinski definition) is 1. The zero-order valence-corrected chi connectivity index (χ0v) is 13.0. The van der Waals surface area contributed by atoms with E-state index in [0.717, 1.165) is 22.9 Å². The number of hydrogen-bond acceptors (Lipinski definition) is 3. The van der Waals surface area contributed by atoms with E-state index < -0.39 is 38.7 Å². The molecule has 0 amide bonds. The molecule has 1 fully saturated rings. The van der Waals surface area contributed by atoms with Gasteiger partial charge >= 0.3 is 6.18 Å². The molecule has 124 valence electrons. The number of benzene rings is 1. The Balaban J connectivity index is 2.51. The molecule has 1 aliphatic rings. The summed E-state index contributed by atoms with van der Waals surface area (Å²) in [5.74, 6) is 0. The van der Waals surface area contributed by atoms with Crippen molar-refractivity contribution in [3.63, 3.8) is 0 Å². The van der Waals surface area contributed by atoms with Gasteiger partial charge in [-0.1, -0.05) is 18.6 Å². The Morgan fingerprint density at radius 1 is 1.27 bits per heavy atom. The Bertz CT molecular complexity index is 629. The maximum absolute atomic E-state index is 13.1. The maximum atomic E-state index is 13.1. The van der Waals surface area contributed by atoms with Crippen molar-refractivity contribution in [2.75, 3.05) is 6.54 Å². The summed E-state index contributed by atoms with van der Waals surface area (Å²) in [6, 6.07) is 3.37. The van der Waals surface area contributed by atoms with E-state index >= 15 is 0 Å². The molecule has 2 atom stereocenters. The maximum Gasteiger partial charge on any atom is 0.417 e. The van der Waals surface area contributed by atoms with Gasteiger partial charge in [-0.05, 0) is 31.9 Å². The molecule has 0 radical (unpaired) electrons. The minimum atomic E-state index is -4.72. The lowest BCUT2D eigenvalue weighted by Gasteiger charge is -2.37. The highest BCUT2D eigenvalue weighted by molar-refractivity contribution is 7.89. The van der Waals surface area contributed by atoms with Gasteiger partial charge in [0, 0.05) is 18.6 Å². The molecule has 4 nitrogen and oxygen atoms in total. The van der Waals surface area contributed by atoms with Crippen molar-refractivity contribution in [3.8, 4) is 0 Å². The van der Waals surface area contributed by atoms with E-state index in [4.69, 9.17) is 5.73 Å². The van der Waals surface area contributed by atoms with Crippen LogP contribution in [0, 0.1) is 0 Å². The van der Waals surface area contributed by atoms with E-state index in [1.54, 1.807) is 6.92 Å². The summed E-state index contributed by atoms with van der Waals surface area (Å²) >= 11 is 0. The predicted octanol–water partition coefficient (Wildman–Crippen LogP) is 2.60. The molecule has 2 rings (SSSR count). The van der Waals surface area contributed by atoms with Gasteiger partial charge in [0.15, 0.2) is 0 Å². The van der Waals surface area contributed by atoms with Crippen LogP contribution in [0.1, 0.15) is 31.7 Å². The van der Waals surface area contributed by atoms with Gasteiger partial charge in [-0.15, -0.1) is 0 Å². The van der Waals surface area contributed by atoms with Gasteiger partial charge in [0.1, 0.15) is 0 Å². The summed E-state index contributed by atoms with van der Waals surface area (Å²) in [5.41, 5.74) is 4.69. The quantitative estimate of drug-likeness (QED) is 0.923. The fraction of sp³-hybridized carbons (Fsp3) is 0.571. The standard InChI is InChI=1S/C14H19F3N2O2S/c1-10(18)12-7-4-5-9-19(12)22(20,21)13-8-3-2-6-11(13)14(15,16)17/h2-3,6,8,10,12H,4-5,7,9,18H2,1H3. The third-order valence-electron chi connectivity index (χ3n) is 3.88. The normalized spacial score (nSPS) is 22.5. The summed E-state index contributed by atoms with van der Waals surface area (Å²) in [6.07, 6.45) is -2.72. The van der Waals surface area contributed by atoms with Crippen LogP contribution < -0.4 is 5.73 Å². The van der Waals surface area contributed by atoms with Crippen molar-refractivity contribution >= 4 is 10.0 Å². The molecule has 0 saturated carbocycles. The second kappa shape index (κ2) is 6.17. The number of nitrogens with two attached hydrogens (primary N) is 1. The molecule has 2 unspecified atom stereocenters. The predicted molar refractivity (Wildman–Crippen MR) is 76.6 cm³/mol. The Hall–Kier alpha value is -1.12. The molecule has 0 aromatic heterocycles. The van der Waals surface area contributed by atoms with Crippen molar-refractivity contribution in [3.05, 3.63) is 29.8 Å². The van der Waals surface area contributed by atoms with Crippen LogP contribution in [0.3, 0.4) is 0 Å². The highest BCUT2D eigenvalue weighted by Gasteiger charge is 2.41. The lowest BCUT2D eigenvalue weighted by molar-refractivity contribution is -0.139. The number of halogens is 3. The molecule has 1 aromatic carbocycles. The fourth-order valence-electron chi connectivity index (χ4n) is 2.81. The molecule has 0 aliphatic carbocycles. The molecule has 2 N–H and O–H groups in total. The smallest absolute Gasteiger partial charge is 0.326 e. The topological polar surface area (TPSA) is 63.4 Å². The van der Waals surface area contributed by atoms with Crippen molar-refractivity contribution < 1.29 is 21.6 Å². The van der Waals surface area contributed by atoms with Crippen molar-refractivity contribution in [2.24, 2.45) is 5.73 Å². The first-order chi connectivity index (χ1) is 10.2. The van der Waals surface area contributed by atoms with Crippen molar-refractivity contribution in [1.82, 2.24) is 4.31 Å². The summed E-state index contributed by atoms with van der Waals surface area (Å²) in [5, 5.41) is 0. The molecule has 1 heterocycles. The molecular weight excluding hydrogens is 317 g/mol. The monoisotopic (exact) mass is 336 g/mol. The minimum Gasteiger partial charge on any atom is -0.326 e. The molecule has 1 aromatic rings. The van der Waals surface area contributed by atoms with Crippen molar-refractivity contribution in [1.29, 1.82) is 0 Å². The van der Waals surface area contributed by atoms with Gasteiger partial charge in [-0.3, -0.25) is 0 Å². The van der Waals surface area contributed by atoms with Crippen LogP contribution in [0.25, 0.3) is 0 Å². The summed E-state index contributed by atoms with van der Waals surface area (Å²) in [4.78, 5) is -0.699. The average Bonchev–Trinajstić information content (AvgIpc) is 2.46. The molecule has 1 saturated heterocycles.